The van der Waals surface area contributed by atoms with Gasteiger partial charge in [0, 0.05) is 17.8 Å². The predicted molar refractivity (Wildman–Crippen MR) is 55.9 cm³/mol. The van der Waals surface area contributed by atoms with Crippen LogP contribution in [0.5, 0.6) is 5.88 Å². The summed E-state index contributed by atoms with van der Waals surface area (Å²) in [5, 5.41) is 0. The molecule has 70 valence electrons. The van der Waals surface area contributed by atoms with Crippen molar-refractivity contribution in [3.05, 3.63) is 23.9 Å². The van der Waals surface area contributed by atoms with E-state index in [1.54, 1.807) is 18.3 Å². The molecule has 4 heteroatoms. The molecule has 0 radical (unpaired) electrons. The lowest BCUT2D eigenvalue weighted by Crippen LogP contribution is -2.11. The first-order valence-electron chi connectivity index (χ1n) is 4.02. The number of nitrogens with zero attached hydrogens (tertiary/aromatic N) is 1. The van der Waals surface area contributed by atoms with Crippen LogP contribution in [0.1, 0.15) is 19.4 Å². The summed E-state index contributed by atoms with van der Waals surface area (Å²) in [6.07, 6.45) is 1.74. The number of rotatable bonds is 3. The normalized spacial score (nSPS) is 10.1. The van der Waals surface area contributed by atoms with Crippen LogP contribution < -0.4 is 10.5 Å². The van der Waals surface area contributed by atoms with Crippen LogP contribution in [0.2, 0.25) is 0 Å². The minimum absolute atomic E-state index is 0.106. The second-order valence-electron chi connectivity index (χ2n) is 2.91. The van der Waals surface area contributed by atoms with Crippen LogP contribution in [0, 0.1) is 0 Å². The predicted octanol–water partition coefficient (Wildman–Crippen LogP) is 1.50. The van der Waals surface area contributed by atoms with Crippen LogP contribution >= 0.6 is 12.2 Å². The van der Waals surface area contributed by atoms with E-state index in [1.807, 2.05) is 13.8 Å². The fraction of sp³-hybridized carbons (Fsp3) is 0.333. The zero-order chi connectivity index (χ0) is 9.84. The minimum Gasteiger partial charge on any atom is -0.475 e. The summed E-state index contributed by atoms with van der Waals surface area (Å²) in [5.41, 5.74) is 6.24. The van der Waals surface area contributed by atoms with Gasteiger partial charge in [-0.2, -0.15) is 0 Å². The van der Waals surface area contributed by atoms with E-state index in [1.165, 1.54) is 0 Å². The molecule has 0 aromatic carbocycles. The molecule has 0 spiro atoms. The Bertz CT molecular complexity index is 312. The second kappa shape index (κ2) is 4.18. The fourth-order valence-electron chi connectivity index (χ4n) is 0.869. The number of thiocarbonyl (C=S) groups is 1. The number of pyridine rings is 1. The molecule has 0 unspecified atom stereocenters. The molecule has 1 aromatic heterocycles. The molecule has 3 nitrogen and oxygen atoms in total. The van der Waals surface area contributed by atoms with Crippen molar-refractivity contribution in [3.63, 3.8) is 0 Å². The van der Waals surface area contributed by atoms with Crippen molar-refractivity contribution < 1.29 is 4.74 Å². The van der Waals surface area contributed by atoms with Gasteiger partial charge in [-0.1, -0.05) is 12.2 Å². The van der Waals surface area contributed by atoms with E-state index in [0.29, 0.717) is 10.9 Å². The molecule has 2 N–H and O–H groups in total. The quantitative estimate of drug-likeness (QED) is 0.744. The smallest absolute Gasteiger partial charge is 0.214 e. The van der Waals surface area contributed by atoms with Gasteiger partial charge in [-0.15, -0.1) is 0 Å². The Hall–Kier alpha value is -1.16. The van der Waals surface area contributed by atoms with E-state index in [2.05, 4.69) is 4.98 Å². The molecule has 1 heterocycles. The van der Waals surface area contributed by atoms with Crippen molar-refractivity contribution in [2.24, 2.45) is 5.73 Å². The van der Waals surface area contributed by atoms with Crippen molar-refractivity contribution in [2.45, 2.75) is 20.0 Å². The topological polar surface area (TPSA) is 48.1 Å². The number of hydrogen-bond donors (Lipinski definition) is 1. The average Bonchev–Trinajstić information content (AvgIpc) is 2.03. The Kier molecular flexibility index (Phi) is 3.19. The Labute approximate surface area is 82.9 Å². The molecule has 13 heavy (non-hydrogen) atoms. The first-order valence-corrected chi connectivity index (χ1v) is 4.43. The van der Waals surface area contributed by atoms with Crippen molar-refractivity contribution in [1.29, 1.82) is 0 Å². The van der Waals surface area contributed by atoms with Crippen LogP contribution in [-0.2, 0) is 0 Å². The van der Waals surface area contributed by atoms with Gasteiger partial charge in [0.15, 0.2) is 0 Å². The molecular weight excluding hydrogens is 184 g/mol. The van der Waals surface area contributed by atoms with Crippen LogP contribution in [-0.4, -0.2) is 16.1 Å². The summed E-state index contributed by atoms with van der Waals surface area (Å²) in [6, 6.07) is 3.50. The molecule has 0 amide bonds. The molecule has 0 atom stereocenters. The SMILES string of the molecule is CC(C)Oc1cc(C(N)=S)ccn1. The zero-order valence-electron chi connectivity index (χ0n) is 7.65. The number of hydrogen-bond acceptors (Lipinski definition) is 3. The molecule has 0 aliphatic rings. The lowest BCUT2D eigenvalue weighted by Gasteiger charge is -2.08. The van der Waals surface area contributed by atoms with E-state index in [4.69, 9.17) is 22.7 Å². The molecule has 0 bridgehead atoms. The molecule has 1 aromatic rings. The Morgan fingerprint density at radius 3 is 2.85 bits per heavy atom. The molecule has 0 fully saturated rings. The maximum atomic E-state index is 5.46. The van der Waals surface area contributed by atoms with E-state index >= 15 is 0 Å². The van der Waals surface area contributed by atoms with Gasteiger partial charge in [-0.25, -0.2) is 4.98 Å². The van der Waals surface area contributed by atoms with Crippen molar-refractivity contribution in [1.82, 2.24) is 4.98 Å². The molecule has 0 saturated carbocycles. The monoisotopic (exact) mass is 196 g/mol. The highest BCUT2D eigenvalue weighted by molar-refractivity contribution is 7.80. The highest BCUT2D eigenvalue weighted by Gasteiger charge is 2.01. The summed E-state index contributed by atoms with van der Waals surface area (Å²) in [6.45, 7) is 3.88. The van der Waals surface area contributed by atoms with Gasteiger partial charge >= 0.3 is 0 Å². The maximum absolute atomic E-state index is 5.46. The van der Waals surface area contributed by atoms with Crippen molar-refractivity contribution in [2.75, 3.05) is 0 Å². The standard InChI is InChI=1S/C9H12N2OS/c1-6(2)12-8-5-7(9(10)13)3-4-11-8/h3-6H,1-2H3,(H2,10,13). The van der Waals surface area contributed by atoms with Crippen LogP contribution in [0.3, 0.4) is 0 Å². The van der Waals surface area contributed by atoms with E-state index in [-0.39, 0.29) is 6.10 Å². The summed E-state index contributed by atoms with van der Waals surface area (Å²) >= 11 is 4.83. The average molecular weight is 196 g/mol. The first kappa shape index (κ1) is 9.92. The molecule has 0 aliphatic heterocycles. The lowest BCUT2D eigenvalue weighted by molar-refractivity contribution is 0.232. The Morgan fingerprint density at radius 1 is 1.62 bits per heavy atom. The zero-order valence-corrected chi connectivity index (χ0v) is 8.47. The fourth-order valence-corrected chi connectivity index (χ4v) is 0.996. The van der Waals surface area contributed by atoms with Crippen LogP contribution in [0.15, 0.2) is 18.3 Å². The third-order valence-electron chi connectivity index (χ3n) is 1.38. The number of aromatic nitrogens is 1. The summed E-state index contributed by atoms with van der Waals surface area (Å²) in [7, 11) is 0. The highest BCUT2D eigenvalue weighted by atomic mass is 32.1. The minimum atomic E-state index is 0.106. The van der Waals surface area contributed by atoms with Crippen molar-refractivity contribution >= 4 is 17.2 Å². The number of nitrogens with two attached hydrogens (primary N) is 1. The van der Waals surface area contributed by atoms with Crippen LogP contribution in [0.4, 0.5) is 0 Å². The van der Waals surface area contributed by atoms with E-state index in [0.717, 1.165) is 5.56 Å². The molecule has 1 rings (SSSR count). The van der Waals surface area contributed by atoms with Gasteiger partial charge in [0.25, 0.3) is 0 Å². The van der Waals surface area contributed by atoms with Crippen molar-refractivity contribution in [3.8, 4) is 5.88 Å². The highest BCUT2D eigenvalue weighted by Crippen LogP contribution is 2.10. The second-order valence-corrected chi connectivity index (χ2v) is 3.35. The van der Waals surface area contributed by atoms with Gasteiger partial charge in [0.05, 0.1) is 6.10 Å². The lowest BCUT2D eigenvalue weighted by atomic mass is 10.3. The van der Waals surface area contributed by atoms with Crippen LogP contribution in [0.25, 0.3) is 0 Å². The van der Waals surface area contributed by atoms with E-state index in [9.17, 15) is 0 Å². The van der Waals surface area contributed by atoms with Gasteiger partial charge in [0.2, 0.25) is 5.88 Å². The number of ether oxygens (including phenoxy) is 1. The van der Waals surface area contributed by atoms with Gasteiger partial charge in [-0.05, 0) is 19.9 Å². The molecule has 0 saturated heterocycles. The first-order chi connectivity index (χ1) is 6.09. The summed E-state index contributed by atoms with van der Waals surface area (Å²) in [5.74, 6) is 0.556. The maximum Gasteiger partial charge on any atom is 0.214 e. The third kappa shape index (κ3) is 2.99. The molecule has 0 aliphatic carbocycles. The van der Waals surface area contributed by atoms with Gasteiger partial charge < -0.3 is 10.5 Å². The largest absolute Gasteiger partial charge is 0.475 e. The summed E-state index contributed by atoms with van der Waals surface area (Å²) < 4.78 is 5.38. The Balaban J connectivity index is 2.85. The third-order valence-corrected chi connectivity index (χ3v) is 1.61. The molecular formula is C9H12N2OS. The van der Waals surface area contributed by atoms with Gasteiger partial charge in [-0.3, -0.25) is 0 Å². The Morgan fingerprint density at radius 2 is 2.31 bits per heavy atom. The van der Waals surface area contributed by atoms with Gasteiger partial charge in [0.1, 0.15) is 4.99 Å². The van der Waals surface area contributed by atoms with E-state index < -0.39 is 0 Å². The summed E-state index contributed by atoms with van der Waals surface area (Å²) in [4.78, 5) is 4.38.